The molecule has 6 heteroatoms. The van der Waals surface area contributed by atoms with Gasteiger partial charge < -0.3 is 20.2 Å². The highest BCUT2D eigenvalue weighted by atomic mass is 16.3. The molecule has 2 N–H and O–H groups in total. The fourth-order valence-electron chi connectivity index (χ4n) is 2.90. The van der Waals surface area contributed by atoms with Crippen molar-refractivity contribution in [2.45, 2.75) is 31.7 Å². The molecule has 0 aromatic heterocycles. The van der Waals surface area contributed by atoms with Crippen LogP contribution in [0.3, 0.4) is 0 Å². The van der Waals surface area contributed by atoms with E-state index in [-0.39, 0.29) is 19.2 Å². The van der Waals surface area contributed by atoms with Crippen molar-refractivity contribution in [3.63, 3.8) is 0 Å². The molecular weight excluding hydrogens is 246 g/mol. The van der Waals surface area contributed by atoms with Crippen molar-refractivity contribution in [3.8, 4) is 0 Å². The molecule has 2 amide bonds. The van der Waals surface area contributed by atoms with E-state index in [0.29, 0.717) is 13.1 Å². The van der Waals surface area contributed by atoms with Gasteiger partial charge in [-0.2, -0.15) is 0 Å². The Hall–Kier alpha value is -1.14. The minimum absolute atomic E-state index is 0.0862. The van der Waals surface area contributed by atoms with E-state index < -0.39 is 11.8 Å². The van der Waals surface area contributed by atoms with Crippen LogP contribution in [0.25, 0.3) is 0 Å². The summed E-state index contributed by atoms with van der Waals surface area (Å²) in [5, 5.41) is 12.3. The van der Waals surface area contributed by atoms with E-state index in [9.17, 15) is 9.59 Å². The van der Waals surface area contributed by atoms with Gasteiger partial charge in [0.05, 0.1) is 6.61 Å². The second kappa shape index (κ2) is 6.86. The van der Waals surface area contributed by atoms with E-state index in [1.165, 1.54) is 0 Å². The summed E-state index contributed by atoms with van der Waals surface area (Å²) in [6, 6.07) is 0.131. The summed E-state index contributed by atoms with van der Waals surface area (Å²) in [6.45, 7) is 2.83. The third kappa shape index (κ3) is 3.45. The van der Waals surface area contributed by atoms with Crippen LogP contribution < -0.4 is 5.32 Å². The third-order valence-electron chi connectivity index (χ3n) is 3.95. The molecular formula is C13H23N3O3. The van der Waals surface area contributed by atoms with Crippen molar-refractivity contribution in [3.05, 3.63) is 0 Å². The highest BCUT2D eigenvalue weighted by Crippen LogP contribution is 2.23. The van der Waals surface area contributed by atoms with Crippen LogP contribution >= 0.6 is 0 Å². The van der Waals surface area contributed by atoms with Crippen molar-refractivity contribution in [2.24, 2.45) is 0 Å². The topological polar surface area (TPSA) is 72.9 Å². The summed E-state index contributed by atoms with van der Waals surface area (Å²) in [6.07, 6.45) is 4.09. The highest BCUT2D eigenvalue weighted by Gasteiger charge is 2.33. The number of aliphatic hydroxyl groups excluding tert-OH is 1. The van der Waals surface area contributed by atoms with Crippen LogP contribution in [0.1, 0.15) is 25.7 Å². The molecule has 108 valence electrons. The third-order valence-corrected chi connectivity index (χ3v) is 3.95. The van der Waals surface area contributed by atoms with E-state index in [4.69, 9.17) is 5.11 Å². The number of rotatable bonds is 3. The second-order valence-corrected chi connectivity index (χ2v) is 5.20. The van der Waals surface area contributed by atoms with Crippen LogP contribution in [0.4, 0.5) is 0 Å². The van der Waals surface area contributed by atoms with E-state index in [1.807, 2.05) is 0 Å². The van der Waals surface area contributed by atoms with Gasteiger partial charge in [-0.05, 0) is 12.8 Å². The first-order valence-corrected chi connectivity index (χ1v) is 7.15. The maximum Gasteiger partial charge on any atom is 0.312 e. The van der Waals surface area contributed by atoms with Gasteiger partial charge in [0.25, 0.3) is 0 Å². The SMILES string of the molecule is O=C(C(=O)N(CCO)C1CCCC1)N1CCNCC1. The van der Waals surface area contributed by atoms with Crippen LogP contribution in [-0.4, -0.2) is 72.1 Å². The minimum Gasteiger partial charge on any atom is -0.395 e. The largest absolute Gasteiger partial charge is 0.395 e. The molecule has 19 heavy (non-hydrogen) atoms. The molecule has 0 atom stereocenters. The van der Waals surface area contributed by atoms with Crippen LogP contribution in [0.15, 0.2) is 0 Å². The number of carbonyl (C=O) groups excluding carboxylic acids is 2. The molecule has 0 bridgehead atoms. The monoisotopic (exact) mass is 269 g/mol. The van der Waals surface area contributed by atoms with Gasteiger partial charge in [-0.25, -0.2) is 0 Å². The quantitative estimate of drug-likeness (QED) is 0.657. The Morgan fingerprint density at radius 2 is 1.84 bits per heavy atom. The first kappa shape index (κ1) is 14.3. The zero-order valence-corrected chi connectivity index (χ0v) is 11.3. The molecule has 1 heterocycles. The number of piperazine rings is 1. The molecule has 1 aliphatic heterocycles. The number of hydrogen-bond donors (Lipinski definition) is 2. The van der Waals surface area contributed by atoms with E-state index >= 15 is 0 Å². The van der Waals surface area contributed by atoms with Gasteiger partial charge in [-0.3, -0.25) is 9.59 Å². The van der Waals surface area contributed by atoms with Crippen molar-refractivity contribution < 1.29 is 14.7 Å². The normalized spacial score (nSPS) is 20.6. The number of nitrogens with one attached hydrogen (secondary N) is 1. The number of carbonyl (C=O) groups is 2. The van der Waals surface area contributed by atoms with Crippen LogP contribution in [0.5, 0.6) is 0 Å². The van der Waals surface area contributed by atoms with E-state index in [0.717, 1.165) is 38.8 Å². The summed E-state index contributed by atoms with van der Waals surface area (Å²) in [4.78, 5) is 27.7. The lowest BCUT2D eigenvalue weighted by Crippen LogP contribution is -2.54. The minimum atomic E-state index is -0.442. The maximum atomic E-state index is 12.3. The lowest BCUT2D eigenvalue weighted by atomic mass is 10.2. The van der Waals surface area contributed by atoms with Gasteiger partial charge in [0.1, 0.15) is 0 Å². The molecule has 0 aromatic carbocycles. The number of hydrogen-bond acceptors (Lipinski definition) is 4. The zero-order valence-electron chi connectivity index (χ0n) is 11.3. The van der Waals surface area contributed by atoms with E-state index in [2.05, 4.69) is 5.32 Å². The van der Waals surface area contributed by atoms with Gasteiger partial charge in [-0.15, -0.1) is 0 Å². The average molecular weight is 269 g/mol. The summed E-state index contributed by atoms with van der Waals surface area (Å²) in [7, 11) is 0. The van der Waals surface area contributed by atoms with Crippen molar-refractivity contribution in [1.29, 1.82) is 0 Å². The smallest absolute Gasteiger partial charge is 0.312 e. The molecule has 2 aliphatic rings. The number of nitrogens with zero attached hydrogens (tertiary/aromatic N) is 2. The summed E-state index contributed by atoms with van der Waals surface area (Å²) in [5.74, 6) is -0.857. The molecule has 1 saturated heterocycles. The molecule has 0 unspecified atom stereocenters. The Bertz CT molecular complexity index is 323. The Morgan fingerprint density at radius 3 is 2.42 bits per heavy atom. The van der Waals surface area contributed by atoms with Gasteiger partial charge in [0.2, 0.25) is 0 Å². The first-order chi connectivity index (χ1) is 9.24. The maximum absolute atomic E-state index is 12.3. The fourth-order valence-corrected chi connectivity index (χ4v) is 2.90. The van der Waals surface area contributed by atoms with Gasteiger partial charge >= 0.3 is 11.8 Å². The van der Waals surface area contributed by atoms with Gasteiger partial charge in [-0.1, -0.05) is 12.8 Å². The standard InChI is InChI=1S/C13H23N3O3/c17-10-9-16(11-3-1-2-4-11)13(19)12(18)15-7-5-14-6-8-15/h11,14,17H,1-10H2. The fraction of sp³-hybridized carbons (Fsp3) is 0.846. The highest BCUT2D eigenvalue weighted by molar-refractivity contribution is 6.35. The second-order valence-electron chi connectivity index (χ2n) is 5.20. The molecule has 0 aromatic rings. The predicted molar refractivity (Wildman–Crippen MR) is 70.5 cm³/mol. The van der Waals surface area contributed by atoms with Crippen molar-refractivity contribution in [1.82, 2.24) is 15.1 Å². The molecule has 2 rings (SSSR count). The molecule has 2 fully saturated rings. The zero-order chi connectivity index (χ0) is 13.7. The van der Waals surface area contributed by atoms with Crippen molar-refractivity contribution >= 4 is 11.8 Å². The average Bonchev–Trinajstić information content (AvgIpc) is 2.98. The number of aliphatic hydroxyl groups is 1. The summed E-state index contributed by atoms with van der Waals surface area (Å²) in [5.41, 5.74) is 0. The van der Waals surface area contributed by atoms with Crippen LogP contribution in [-0.2, 0) is 9.59 Å². The van der Waals surface area contributed by atoms with Gasteiger partial charge in [0, 0.05) is 38.8 Å². The molecule has 0 spiro atoms. The molecule has 0 radical (unpaired) electrons. The molecule has 1 aliphatic carbocycles. The lowest BCUT2D eigenvalue weighted by Gasteiger charge is -2.32. The summed E-state index contributed by atoms with van der Waals surface area (Å²) < 4.78 is 0. The lowest BCUT2D eigenvalue weighted by molar-refractivity contribution is -0.153. The Balaban J connectivity index is 1.98. The number of amides is 2. The Morgan fingerprint density at radius 1 is 1.21 bits per heavy atom. The first-order valence-electron chi connectivity index (χ1n) is 7.15. The molecule has 1 saturated carbocycles. The molecule has 6 nitrogen and oxygen atoms in total. The predicted octanol–water partition coefficient (Wildman–Crippen LogP) is -0.818. The summed E-state index contributed by atoms with van der Waals surface area (Å²) >= 11 is 0. The van der Waals surface area contributed by atoms with Crippen LogP contribution in [0.2, 0.25) is 0 Å². The van der Waals surface area contributed by atoms with E-state index in [1.54, 1.807) is 9.80 Å². The Kier molecular flexibility index (Phi) is 5.15. The Labute approximate surface area is 113 Å². The van der Waals surface area contributed by atoms with Crippen molar-refractivity contribution in [2.75, 3.05) is 39.3 Å². The van der Waals surface area contributed by atoms with Gasteiger partial charge in [0.15, 0.2) is 0 Å². The van der Waals surface area contributed by atoms with Crippen LogP contribution in [0, 0.1) is 0 Å².